The molecule has 0 unspecified atom stereocenters. The first-order valence-corrected chi connectivity index (χ1v) is 8.69. The Hall–Kier alpha value is -4.41. The Kier molecular flexibility index (Phi) is 4.76. The number of amides is 1. The number of aromatic amines is 1. The number of carbonyl (C=O) groups is 1. The second-order valence-corrected chi connectivity index (χ2v) is 6.16. The highest BCUT2D eigenvalue weighted by molar-refractivity contribution is 6.03. The number of para-hydroxylation sites is 1. The second-order valence-electron chi connectivity index (χ2n) is 6.16. The lowest BCUT2D eigenvalue weighted by Crippen LogP contribution is -2.38. The van der Waals surface area contributed by atoms with Gasteiger partial charge in [-0.15, -0.1) is 0 Å². The topological polar surface area (TPSA) is 128 Å². The third kappa shape index (κ3) is 3.39. The quantitative estimate of drug-likeness (QED) is 0.523. The van der Waals surface area contributed by atoms with Gasteiger partial charge in [0.2, 0.25) is 0 Å². The van der Waals surface area contributed by atoms with Gasteiger partial charge in [0.05, 0.1) is 5.69 Å². The molecule has 0 aliphatic carbocycles. The van der Waals surface area contributed by atoms with Crippen LogP contribution in [-0.4, -0.2) is 35.0 Å². The number of aryl methyl sites for hydroxylation is 1. The number of nitrogens with one attached hydrogen (secondary N) is 2. The van der Waals surface area contributed by atoms with Crippen molar-refractivity contribution in [2.75, 3.05) is 5.32 Å². The number of rotatable bonds is 4. The first-order chi connectivity index (χ1) is 14.5. The summed E-state index contributed by atoms with van der Waals surface area (Å²) in [7, 11) is 0. The van der Waals surface area contributed by atoms with Gasteiger partial charge in [-0.3, -0.25) is 14.2 Å². The molecule has 0 aliphatic heterocycles. The lowest BCUT2D eigenvalue weighted by Gasteiger charge is -2.09. The molecule has 150 valence electrons. The first-order valence-electron chi connectivity index (χ1n) is 8.69. The molecule has 0 atom stereocenters. The van der Waals surface area contributed by atoms with E-state index in [0.29, 0.717) is 16.2 Å². The average Bonchev–Trinajstić information content (AvgIpc) is 3.15. The standard InChI is InChI=1S/C19H14FN7O3/c1-11-21-6-7-26(11)16-8-15(23-10-24-16)25-17(28)12-9-22-19(30)27(18(12)29)14-5-3-2-4-13(14)20/h2-10H,1H3,(H,22,30)(H,23,24,25,28). The van der Waals surface area contributed by atoms with Crippen LogP contribution in [0.15, 0.2) is 64.8 Å². The molecule has 10 nitrogen and oxygen atoms in total. The van der Waals surface area contributed by atoms with Crippen LogP contribution in [0, 0.1) is 12.7 Å². The molecule has 0 aliphatic rings. The number of H-pyrrole nitrogens is 1. The van der Waals surface area contributed by atoms with E-state index in [2.05, 4.69) is 25.3 Å². The number of aromatic nitrogens is 6. The van der Waals surface area contributed by atoms with Gasteiger partial charge in [-0.25, -0.2) is 28.7 Å². The van der Waals surface area contributed by atoms with Gasteiger partial charge in [0.25, 0.3) is 11.5 Å². The molecular formula is C19H14FN7O3. The smallest absolute Gasteiger partial charge is 0.313 e. The van der Waals surface area contributed by atoms with Crippen molar-refractivity contribution in [1.82, 2.24) is 29.1 Å². The molecule has 2 N–H and O–H groups in total. The summed E-state index contributed by atoms with van der Waals surface area (Å²) in [5.41, 5.74) is -2.50. The average molecular weight is 407 g/mol. The van der Waals surface area contributed by atoms with Crippen molar-refractivity contribution < 1.29 is 9.18 Å². The predicted molar refractivity (Wildman–Crippen MR) is 104 cm³/mol. The Morgan fingerprint density at radius 1 is 1.17 bits per heavy atom. The molecule has 1 amide bonds. The van der Waals surface area contributed by atoms with Gasteiger partial charge < -0.3 is 10.3 Å². The molecule has 0 bridgehead atoms. The van der Waals surface area contributed by atoms with Crippen LogP contribution in [0.5, 0.6) is 0 Å². The third-order valence-corrected chi connectivity index (χ3v) is 4.28. The summed E-state index contributed by atoms with van der Waals surface area (Å²) in [6, 6.07) is 6.75. The van der Waals surface area contributed by atoms with Crippen LogP contribution in [0.1, 0.15) is 16.2 Å². The lowest BCUT2D eigenvalue weighted by atomic mass is 10.2. The number of imidazole rings is 1. The van der Waals surface area contributed by atoms with Crippen LogP contribution in [0.3, 0.4) is 0 Å². The summed E-state index contributed by atoms with van der Waals surface area (Å²) in [6.07, 6.45) is 5.51. The van der Waals surface area contributed by atoms with Gasteiger partial charge in [0.15, 0.2) is 0 Å². The van der Waals surface area contributed by atoms with E-state index in [0.717, 1.165) is 12.3 Å². The van der Waals surface area contributed by atoms with E-state index in [4.69, 9.17) is 0 Å². The van der Waals surface area contributed by atoms with Crippen molar-refractivity contribution in [1.29, 1.82) is 0 Å². The van der Waals surface area contributed by atoms with Crippen LogP contribution >= 0.6 is 0 Å². The summed E-state index contributed by atoms with van der Waals surface area (Å²) >= 11 is 0. The molecule has 3 heterocycles. The molecule has 3 aromatic heterocycles. The number of benzene rings is 1. The van der Waals surface area contributed by atoms with Gasteiger partial charge in [0, 0.05) is 24.7 Å². The number of anilines is 1. The van der Waals surface area contributed by atoms with E-state index < -0.39 is 28.5 Å². The lowest BCUT2D eigenvalue weighted by molar-refractivity contribution is 0.102. The molecule has 0 spiro atoms. The fourth-order valence-electron chi connectivity index (χ4n) is 2.84. The highest BCUT2D eigenvalue weighted by Crippen LogP contribution is 2.12. The van der Waals surface area contributed by atoms with Gasteiger partial charge in [-0.05, 0) is 19.1 Å². The maximum atomic E-state index is 14.1. The van der Waals surface area contributed by atoms with Crippen molar-refractivity contribution in [3.63, 3.8) is 0 Å². The summed E-state index contributed by atoms with van der Waals surface area (Å²) in [5.74, 6) is -0.340. The normalized spacial score (nSPS) is 10.7. The van der Waals surface area contributed by atoms with E-state index in [9.17, 15) is 18.8 Å². The minimum Gasteiger partial charge on any atom is -0.313 e. The Labute approximate surface area is 167 Å². The van der Waals surface area contributed by atoms with Crippen molar-refractivity contribution >= 4 is 11.7 Å². The fraction of sp³-hybridized carbons (Fsp3) is 0.0526. The van der Waals surface area contributed by atoms with Crippen molar-refractivity contribution in [2.45, 2.75) is 6.92 Å². The van der Waals surface area contributed by atoms with E-state index in [-0.39, 0.29) is 11.5 Å². The number of halogens is 1. The monoisotopic (exact) mass is 407 g/mol. The number of nitrogens with zero attached hydrogens (tertiary/aromatic N) is 5. The van der Waals surface area contributed by atoms with Crippen LogP contribution in [0.25, 0.3) is 11.5 Å². The summed E-state index contributed by atoms with van der Waals surface area (Å²) in [4.78, 5) is 52.0. The van der Waals surface area contributed by atoms with Crippen LogP contribution < -0.4 is 16.6 Å². The molecule has 4 aromatic rings. The summed E-state index contributed by atoms with van der Waals surface area (Å²) in [6.45, 7) is 1.78. The minimum atomic E-state index is -0.971. The molecule has 30 heavy (non-hydrogen) atoms. The van der Waals surface area contributed by atoms with E-state index in [1.807, 2.05) is 0 Å². The SMILES string of the molecule is Cc1nccn1-c1cc(NC(=O)c2c[nH]c(=O)n(-c3ccccc3F)c2=O)ncn1. The van der Waals surface area contributed by atoms with Crippen LogP contribution in [0.4, 0.5) is 10.2 Å². The molecule has 1 aromatic carbocycles. The Balaban J connectivity index is 1.70. The molecular weight excluding hydrogens is 393 g/mol. The Morgan fingerprint density at radius 2 is 1.97 bits per heavy atom. The fourth-order valence-corrected chi connectivity index (χ4v) is 2.84. The zero-order chi connectivity index (χ0) is 21.3. The van der Waals surface area contributed by atoms with Crippen LogP contribution in [0.2, 0.25) is 0 Å². The van der Waals surface area contributed by atoms with Gasteiger partial charge in [0.1, 0.15) is 35.2 Å². The number of carbonyl (C=O) groups excluding carboxylic acids is 1. The number of hydrogen-bond acceptors (Lipinski definition) is 6. The van der Waals surface area contributed by atoms with E-state index >= 15 is 0 Å². The molecule has 0 fully saturated rings. The molecule has 11 heteroatoms. The summed E-state index contributed by atoms with van der Waals surface area (Å²) in [5, 5.41) is 2.48. The predicted octanol–water partition coefficient (Wildman–Crippen LogP) is 1.20. The maximum absolute atomic E-state index is 14.1. The largest absolute Gasteiger partial charge is 0.333 e. The summed E-state index contributed by atoms with van der Waals surface area (Å²) < 4.78 is 16.3. The second kappa shape index (κ2) is 7.54. The van der Waals surface area contributed by atoms with Crippen molar-refractivity contribution in [3.05, 3.63) is 93.3 Å². The zero-order valence-electron chi connectivity index (χ0n) is 15.5. The highest BCUT2D eigenvalue weighted by Gasteiger charge is 2.18. The maximum Gasteiger partial charge on any atom is 0.333 e. The van der Waals surface area contributed by atoms with Gasteiger partial charge in [-0.2, -0.15) is 0 Å². The zero-order valence-corrected chi connectivity index (χ0v) is 15.5. The van der Waals surface area contributed by atoms with Crippen LogP contribution in [-0.2, 0) is 0 Å². The molecule has 0 saturated carbocycles. The number of hydrogen-bond donors (Lipinski definition) is 2. The van der Waals surface area contributed by atoms with Crippen molar-refractivity contribution in [3.8, 4) is 11.5 Å². The Morgan fingerprint density at radius 3 is 2.70 bits per heavy atom. The van der Waals surface area contributed by atoms with E-state index in [1.54, 1.807) is 23.9 Å². The first kappa shape index (κ1) is 18.9. The van der Waals surface area contributed by atoms with Crippen molar-refractivity contribution in [2.24, 2.45) is 0 Å². The van der Waals surface area contributed by atoms with Gasteiger partial charge >= 0.3 is 5.69 Å². The minimum absolute atomic E-state index is 0.126. The third-order valence-electron chi connectivity index (χ3n) is 4.28. The van der Waals surface area contributed by atoms with Gasteiger partial charge in [-0.1, -0.05) is 12.1 Å². The Bertz CT molecular complexity index is 1370. The molecule has 4 rings (SSSR count). The highest BCUT2D eigenvalue weighted by atomic mass is 19.1. The molecule has 0 radical (unpaired) electrons. The van der Waals surface area contributed by atoms with E-state index in [1.165, 1.54) is 30.6 Å². The molecule has 0 saturated heterocycles.